The van der Waals surface area contributed by atoms with Crippen LogP contribution in [0.25, 0.3) is 0 Å². The van der Waals surface area contributed by atoms with Crippen LogP contribution < -0.4 is 10.5 Å². The fourth-order valence-corrected chi connectivity index (χ4v) is 2.65. The number of hydrogen-bond donors (Lipinski definition) is 1. The van der Waals surface area contributed by atoms with Gasteiger partial charge in [-0.1, -0.05) is 25.3 Å². The van der Waals surface area contributed by atoms with E-state index in [0.717, 1.165) is 0 Å². The van der Waals surface area contributed by atoms with Crippen LogP contribution in [0.5, 0.6) is 5.75 Å². The summed E-state index contributed by atoms with van der Waals surface area (Å²) in [4.78, 5) is 0. The molecule has 1 saturated carbocycles. The van der Waals surface area contributed by atoms with Crippen LogP contribution in [0.3, 0.4) is 0 Å². The van der Waals surface area contributed by atoms with E-state index in [-0.39, 0.29) is 11.9 Å². The van der Waals surface area contributed by atoms with Crippen LogP contribution in [0.4, 0.5) is 4.39 Å². The molecule has 0 amide bonds. The Morgan fingerprint density at radius 1 is 1.33 bits per heavy atom. The Balaban J connectivity index is 2.02. The molecule has 0 heterocycles. The predicted octanol–water partition coefficient (Wildman–Crippen LogP) is 3.80. The molecule has 0 saturated heterocycles. The maximum absolute atomic E-state index is 13.7. The molecule has 2 rings (SSSR count). The van der Waals surface area contributed by atoms with Crippen LogP contribution in [0.2, 0.25) is 0 Å². The predicted molar refractivity (Wildman–Crippen MR) is 71.1 cm³/mol. The molecule has 1 fully saturated rings. The summed E-state index contributed by atoms with van der Waals surface area (Å²) < 4.78 is 19.5. The number of benzene rings is 1. The lowest BCUT2D eigenvalue weighted by Crippen LogP contribution is -2.17. The molecular formula is C15H22FNO. The minimum Gasteiger partial charge on any atom is -0.493 e. The van der Waals surface area contributed by atoms with Crippen molar-refractivity contribution in [2.24, 2.45) is 11.7 Å². The Bertz CT molecular complexity index is 386. The Morgan fingerprint density at radius 3 is 2.72 bits per heavy atom. The summed E-state index contributed by atoms with van der Waals surface area (Å²) in [5.41, 5.74) is 6.30. The van der Waals surface area contributed by atoms with E-state index in [9.17, 15) is 4.39 Å². The summed E-state index contributed by atoms with van der Waals surface area (Å²) in [5.74, 6) is 0.949. The Morgan fingerprint density at radius 2 is 2.06 bits per heavy atom. The van der Waals surface area contributed by atoms with Gasteiger partial charge in [-0.3, -0.25) is 0 Å². The molecule has 0 aromatic heterocycles. The summed E-state index contributed by atoms with van der Waals surface area (Å²) >= 11 is 0. The normalized spacial score (nSPS) is 18.6. The fraction of sp³-hybridized carbons (Fsp3) is 0.600. The van der Waals surface area contributed by atoms with Gasteiger partial charge in [-0.05, 0) is 37.8 Å². The van der Waals surface area contributed by atoms with Crippen molar-refractivity contribution in [1.29, 1.82) is 0 Å². The van der Waals surface area contributed by atoms with E-state index in [1.807, 2.05) is 6.07 Å². The highest BCUT2D eigenvalue weighted by atomic mass is 19.1. The van der Waals surface area contributed by atoms with Gasteiger partial charge >= 0.3 is 0 Å². The molecule has 1 atom stereocenters. The smallest absolute Gasteiger partial charge is 0.131 e. The maximum Gasteiger partial charge on any atom is 0.131 e. The van der Waals surface area contributed by atoms with Crippen LogP contribution in [-0.4, -0.2) is 6.61 Å². The third-order valence-electron chi connectivity index (χ3n) is 3.67. The zero-order valence-electron chi connectivity index (χ0n) is 11.0. The number of hydrogen-bond acceptors (Lipinski definition) is 2. The Hall–Kier alpha value is -1.09. The molecule has 0 spiro atoms. The van der Waals surface area contributed by atoms with Gasteiger partial charge in [0.15, 0.2) is 0 Å². The molecule has 3 heteroatoms. The second-order valence-corrected chi connectivity index (χ2v) is 5.26. The largest absolute Gasteiger partial charge is 0.493 e. The van der Waals surface area contributed by atoms with Crippen molar-refractivity contribution in [2.45, 2.75) is 45.1 Å². The highest BCUT2D eigenvalue weighted by Gasteiger charge is 2.17. The molecule has 1 aliphatic carbocycles. The molecule has 18 heavy (non-hydrogen) atoms. The lowest BCUT2D eigenvalue weighted by atomic mass is 9.90. The quantitative estimate of drug-likeness (QED) is 0.883. The van der Waals surface area contributed by atoms with Crippen molar-refractivity contribution in [3.8, 4) is 5.75 Å². The van der Waals surface area contributed by atoms with E-state index < -0.39 is 0 Å². The monoisotopic (exact) mass is 251 g/mol. The standard InChI is InChI=1S/C15H22FNO/c1-11(17)15-13(16)8-5-9-14(15)18-10-12-6-3-2-4-7-12/h5,8-9,11-12H,2-4,6-7,10,17H2,1H3/t11-/m1/s1. The first-order valence-electron chi connectivity index (χ1n) is 6.85. The van der Waals surface area contributed by atoms with Gasteiger partial charge in [0.2, 0.25) is 0 Å². The molecular weight excluding hydrogens is 229 g/mol. The second kappa shape index (κ2) is 6.19. The van der Waals surface area contributed by atoms with Gasteiger partial charge in [0.25, 0.3) is 0 Å². The van der Waals surface area contributed by atoms with E-state index in [1.165, 1.54) is 38.2 Å². The van der Waals surface area contributed by atoms with Crippen molar-refractivity contribution >= 4 is 0 Å². The highest BCUT2D eigenvalue weighted by molar-refractivity contribution is 5.36. The summed E-state index contributed by atoms with van der Waals surface area (Å²) in [7, 11) is 0. The first-order valence-corrected chi connectivity index (χ1v) is 6.85. The van der Waals surface area contributed by atoms with E-state index >= 15 is 0 Å². The van der Waals surface area contributed by atoms with E-state index in [1.54, 1.807) is 13.0 Å². The average molecular weight is 251 g/mol. The molecule has 1 aromatic carbocycles. The summed E-state index contributed by atoms with van der Waals surface area (Å²) in [5, 5.41) is 0. The number of rotatable bonds is 4. The molecule has 0 aliphatic heterocycles. The Labute approximate surface area is 108 Å². The zero-order chi connectivity index (χ0) is 13.0. The first kappa shape index (κ1) is 13.3. The van der Waals surface area contributed by atoms with Gasteiger partial charge < -0.3 is 10.5 Å². The van der Waals surface area contributed by atoms with Gasteiger partial charge in [-0.15, -0.1) is 0 Å². The minimum absolute atomic E-state index is 0.272. The summed E-state index contributed by atoms with van der Waals surface area (Å²) in [6.45, 7) is 2.47. The van der Waals surface area contributed by atoms with Gasteiger partial charge in [-0.2, -0.15) is 0 Å². The topological polar surface area (TPSA) is 35.2 Å². The van der Waals surface area contributed by atoms with Crippen molar-refractivity contribution in [3.05, 3.63) is 29.6 Å². The van der Waals surface area contributed by atoms with Gasteiger partial charge in [0, 0.05) is 11.6 Å². The van der Waals surface area contributed by atoms with E-state index in [4.69, 9.17) is 10.5 Å². The zero-order valence-corrected chi connectivity index (χ0v) is 11.0. The van der Waals surface area contributed by atoms with Crippen molar-refractivity contribution < 1.29 is 9.13 Å². The van der Waals surface area contributed by atoms with E-state index in [2.05, 4.69) is 0 Å². The van der Waals surface area contributed by atoms with Gasteiger partial charge in [0.1, 0.15) is 11.6 Å². The molecule has 0 unspecified atom stereocenters. The highest BCUT2D eigenvalue weighted by Crippen LogP contribution is 2.29. The van der Waals surface area contributed by atoms with Crippen molar-refractivity contribution in [3.63, 3.8) is 0 Å². The number of nitrogens with two attached hydrogens (primary N) is 1. The van der Waals surface area contributed by atoms with Crippen LogP contribution in [0.1, 0.15) is 50.6 Å². The van der Waals surface area contributed by atoms with Crippen LogP contribution in [0, 0.1) is 11.7 Å². The molecule has 0 radical (unpaired) electrons. The second-order valence-electron chi connectivity index (χ2n) is 5.26. The number of halogens is 1. The summed E-state index contributed by atoms with van der Waals surface area (Å²) in [6, 6.07) is 4.58. The molecule has 100 valence electrons. The SMILES string of the molecule is C[C@@H](N)c1c(F)cccc1OCC1CCCCC1. The lowest BCUT2D eigenvalue weighted by Gasteiger charge is -2.23. The minimum atomic E-state index is -0.340. The average Bonchev–Trinajstić information content (AvgIpc) is 2.37. The van der Waals surface area contributed by atoms with Crippen molar-refractivity contribution in [1.82, 2.24) is 0 Å². The van der Waals surface area contributed by atoms with Gasteiger partial charge in [-0.25, -0.2) is 4.39 Å². The van der Waals surface area contributed by atoms with Gasteiger partial charge in [0.05, 0.1) is 6.61 Å². The maximum atomic E-state index is 13.7. The third kappa shape index (κ3) is 3.22. The van der Waals surface area contributed by atoms with E-state index in [0.29, 0.717) is 23.8 Å². The van der Waals surface area contributed by atoms with Crippen LogP contribution >= 0.6 is 0 Å². The molecule has 2 N–H and O–H groups in total. The first-order chi connectivity index (χ1) is 8.68. The molecule has 1 aliphatic rings. The molecule has 2 nitrogen and oxygen atoms in total. The summed E-state index contributed by atoms with van der Waals surface area (Å²) in [6.07, 6.45) is 6.36. The third-order valence-corrected chi connectivity index (χ3v) is 3.67. The van der Waals surface area contributed by atoms with Crippen molar-refractivity contribution in [2.75, 3.05) is 6.61 Å². The fourth-order valence-electron chi connectivity index (χ4n) is 2.65. The molecule has 1 aromatic rings. The molecule has 0 bridgehead atoms. The lowest BCUT2D eigenvalue weighted by molar-refractivity contribution is 0.206. The van der Waals surface area contributed by atoms with Crippen LogP contribution in [-0.2, 0) is 0 Å². The number of ether oxygens (including phenoxy) is 1. The van der Waals surface area contributed by atoms with Crippen LogP contribution in [0.15, 0.2) is 18.2 Å². The Kier molecular flexibility index (Phi) is 4.59.